The van der Waals surface area contributed by atoms with Gasteiger partial charge in [-0.25, -0.2) is 0 Å². The first-order chi connectivity index (χ1) is 4.84. The first-order valence-electron chi connectivity index (χ1n) is 3.64. The zero-order valence-electron chi connectivity index (χ0n) is 6.30. The molecule has 1 atom stereocenters. The third-order valence-electron chi connectivity index (χ3n) is 1.76. The lowest BCUT2D eigenvalue weighted by Gasteiger charge is -2.30. The highest BCUT2D eigenvalue weighted by molar-refractivity contribution is 4.67. The summed E-state index contributed by atoms with van der Waals surface area (Å²) in [7, 11) is 1.76. The van der Waals surface area contributed by atoms with Gasteiger partial charge in [0, 0.05) is 26.2 Å². The van der Waals surface area contributed by atoms with Gasteiger partial charge in [-0.15, -0.1) is 0 Å². The quantitative estimate of drug-likeness (QED) is 0.409. The molecule has 0 spiro atoms. The predicted octanol–water partition coefficient (Wildman–Crippen LogP) is -1.61. The molecule has 1 unspecified atom stereocenters. The predicted molar refractivity (Wildman–Crippen MR) is 39.5 cm³/mol. The molecule has 0 amide bonds. The van der Waals surface area contributed by atoms with Gasteiger partial charge in [0.2, 0.25) is 0 Å². The average Bonchev–Trinajstić information content (AvgIpc) is 2.05. The van der Waals surface area contributed by atoms with E-state index in [0.717, 1.165) is 26.2 Å². The van der Waals surface area contributed by atoms with Crippen LogP contribution in [0.4, 0.5) is 0 Å². The van der Waals surface area contributed by atoms with Crippen LogP contribution >= 0.6 is 0 Å². The van der Waals surface area contributed by atoms with E-state index < -0.39 is 6.35 Å². The van der Waals surface area contributed by atoms with Gasteiger partial charge >= 0.3 is 0 Å². The molecule has 0 saturated carbocycles. The molecular formula is C6H15N3O. The number of hydrogen-bond acceptors (Lipinski definition) is 4. The zero-order valence-corrected chi connectivity index (χ0v) is 6.30. The maximum Gasteiger partial charge on any atom is 0.162 e. The highest BCUT2D eigenvalue weighted by atomic mass is 16.3. The third-order valence-corrected chi connectivity index (χ3v) is 1.76. The summed E-state index contributed by atoms with van der Waals surface area (Å²) in [6.07, 6.45) is -0.470. The molecule has 1 rings (SSSR count). The molecule has 1 saturated heterocycles. The van der Waals surface area contributed by atoms with Crippen molar-refractivity contribution in [3.05, 3.63) is 0 Å². The average molecular weight is 145 g/mol. The molecule has 0 aliphatic carbocycles. The molecule has 3 N–H and O–H groups in total. The number of rotatable bonds is 2. The Bertz CT molecular complexity index is 93.0. The fourth-order valence-electron chi connectivity index (χ4n) is 1.11. The molecular weight excluding hydrogens is 130 g/mol. The Kier molecular flexibility index (Phi) is 3.08. The normalized spacial score (nSPS) is 24.6. The maximum atomic E-state index is 9.27. The van der Waals surface area contributed by atoms with Gasteiger partial charge in [-0.3, -0.25) is 10.2 Å². The first-order valence-corrected chi connectivity index (χ1v) is 3.64. The van der Waals surface area contributed by atoms with Crippen molar-refractivity contribution in [1.29, 1.82) is 0 Å². The SMILES string of the molecule is CNC(O)N1CCNCC1. The maximum absolute atomic E-state index is 9.27. The van der Waals surface area contributed by atoms with Crippen LogP contribution in [0, 0.1) is 0 Å². The van der Waals surface area contributed by atoms with E-state index in [2.05, 4.69) is 10.6 Å². The van der Waals surface area contributed by atoms with Crippen molar-refractivity contribution in [1.82, 2.24) is 15.5 Å². The van der Waals surface area contributed by atoms with Gasteiger partial charge in [0.1, 0.15) is 0 Å². The smallest absolute Gasteiger partial charge is 0.162 e. The molecule has 0 radical (unpaired) electrons. The third kappa shape index (κ3) is 1.91. The van der Waals surface area contributed by atoms with Gasteiger partial charge in [-0.2, -0.15) is 0 Å². The minimum Gasteiger partial charge on any atom is -0.365 e. The Labute approximate surface area is 61.2 Å². The molecule has 1 heterocycles. The van der Waals surface area contributed by atoms with Crippen molar-refractivity contribution in [2.45, 2.75) is 6.35 Å². The number of aliphatic hydroxyl groups is 1. The van der Waals surface area contributed by atoms with Crippen LogP contribution in [0.3, 0.4) is 0 Å². The second-order valence-electron chi connectivity index (χ2n) is 2.45. The van der Waals surface area contributed by atoms with Crippen molar-refractivity contribution in [3.63, 3.8) is 0 Å². The van der Waals surface area contributed by atoms with E-state index in [1.165, 1.54) is 0 Å². The zero-order chi connectivity index (χ0) is 7.40. The summed E-state index contributed by atoms with van der Waals surface area (Å²) in [5, 5.41) is 15.3. The summed E-state index contributed by atoms with van der Waals surface area (Å²) in [5.74, 6) is 0. The van der Waals surface area contributed by atoms with Crippen LogP contribution in [-0.4, -0.2) is 49.6 Å². The largest absolute Gasteiger partial charge is 0.365 e. The summed E-state index contributed by atoms with van der Waals surface area (Å²) in [6, 6.07) is 0. The van der Waals surface area contributed by atoms with Crippen molar-refractivity contribution in [2.75, 3.05) is 33.2 Å². The number of hydrogen-bond donors (Lipinski definition) is 3. The molecule has 60 valence electrons. The minimum atomic E-state index is -0.470. The standard InChI is InChI=1S/C6H15N3O/c1-7-6(10)9-4-2-8-3-5-9/h6-8,10H,2-5H2,1H3. The Morgan fingerprint density at radius 2 is 2.10 bits per heavy atom. The molecule has 4 heteroatoms. The van der Waals surface area contributed by atoms with Crippen LogP contribution in [0.15, 0.2) is 0 Å². The molecule has 1 aliphatic heterocycles. The van der Waals surface area contributed by atoms with Gasteiger partial charge in [0.15, 0.2) is 6.35 Å². The van der Waals surface area contributed by atoms with E-state index in [1.54, 1.807) is 7.05 Å². The number of nitrogens with zero attached hydrogens (tertiary/aromatic N) is 1. The second-order valence-corrected chi connectivity index (χ2v) is 2.45. The molecule has 4 nitrogen and oxygen atoms in total. The lowest BCUT2D eigenvalue weighted by atomic mass is 10.4. The van der Waals surface area contributed by atoms with E-state index in [9.17, 15) is 5.11 Å². The van der Waals surface area contributed by atoms with E-state index >= 15 is 0 Å². The summed E-state index contributed by atoms with van der Waals surface area (Å²) < 4.78 is 0. The van der Waals surface area contributed by atoms with Crippen molar-refractivity contribution < 1.29 is 5.11 Å². The van der Waals surface area contributed by atoms with E-state index in [0.29, 0.717) is 0 Å². The van der Waals surface area contributed by atoms with Crippen molar-refractivity contribution in [2.24, 2.45) is 0 Å². The van der Waals surface area contributed by atoms with Gasteiger partial charge in [0.05, 0.1) is 0 Å². The van der Waals surface area contributed by atoms with Gasteiger partial charge in [0.25, 0.3) is 0 Å². The van der Waals surface area contributed by atoms with E-state index in [-0.39, 0.29) is 0 Å². The number of nitrogens with one attached hydrogen (secondary N) is 2. The fourth-order valence-corrected chi connectivity index (χ4v) is 1.11. The van der Waals surface area contributed by atoms with E-state index in [1.807, 2.05) is 4.90 Å². The monoisotopic (exact) mass is 145 g/mol. The fraction of sp³-hybridized carbons (Fsp3) is 1.00. The summed E-state index contributed by atoms with van der Waals surface area (Å²) in [6.45, 7) is 3.78. The van der Waals surface area contributed by atoms with Crippen LogP contribution in [-0.2, 0) is 0 Å². The highest BCUT2D eigenvalue weighted by Gasteiger charge is 2.14. The lowest BCUT2D eigenvalue weighted by Crippen LogP contribution is -2.52. The van der Waals surface area contributed by atoms with Gasteiger partial charge < -0.3 is 10.4 Å². The summed E-state index contributed by atoms with van der Waals surface area (Å²) >= 11 is 0. The number of piperazine rings is 1. The van der Waals surface area contributed by atoms with Crippen LogP contribution in [0.5, 0.6) is 0 Å². The summed E-state index contributed by atoms with van der Waals surface area (Å²) in [4.78, 5) is 2.00. The lowest BCUT2D eigenvalue weighted by molar-refractivity contribution is -0.0227. The molecule has 0 aromatic heterocycles. The van der Waals surface area contributed by atoms with Crippen LogP contribution in [0.2, 0.25) is 0 Å². The topological polar surface area (TPSA) is 47.5 Å². The van der Waals surface area contributed by atoms with Gasteiger partial charge in [-0.1, -0.05) is 0 Å². The Morgan fingerprint density at radius 1 is 1.50 bits per heavy atom. The highest BCUT2D eigenvalue weighted by Crippen LogP contribution is 1.93. The molecule has 10 heavy (non-hydrogen) atoms. The van der Waals surface area contributed by atoms with Crippen molar-refractivity contribution >= 4 is 0 Å². The molecule has 0 aromatic rings. The molecule has 1 aliphatic rings. The van der Waals surface area contributed by atoms with Crippen LogP contribution in [0.25, 0.3) is 0 Å². The Hall–Kier alpha value is -0.160. The minimum absolute atomic E-state index is 0.470. The Morgan fingerprint density at radius 3 is 2.60 bits per heavy atom. The first kappa shape index (κ1) is 7.94. The van der Waals surface area contributed by atoms with Crippen LogP contribution < -0.4 is 10.6 Å². The van der Waals surface area contributed by atoms with Crippen LogP contribution in [0.1, 0.15) is 0 Å². The van der Waals surface area contributed by atoms with Gasteiger partial charge in [-0.05, 0) is 7.05 Å². The number of aliphatic hydroxyl groups excluding tert-OH is 1. The molecule has 0 aromatic carbocycles. The summed E-state index contributed by atoms with van der Waals surface area (Å²) in [5.41, 5.74) is 0. The van der Waals surface area contributed by atoms with E-state index in [4.69, 9.17) is 0 Å². The Balaban J connectivity index is 2.24. The van der Waals surface area contributed by atoms with Crippen molar-refractivity contribution in [3.8, 4) is 0 Å². The molecule has 0 bridgehead atoms. The molecule has 1 fully saturated rings. The second kappa shape index (κ2) is 3.88.